The molecule has 2 aromatic heterocycles. The van der Waals surface area contributed by atoms with Crippen LogP contribution in [0.3, 0.4) is 0 Å². The summed E-state index contributed by atoms with van der Waals surface area (Å²) < 4.78 is 20.7. The van der Waals surface area contributed by atoms with Crippen molar-refractivity contribution < 1.29 is 38.1 Å². The quantitative estimate of drug-likeness (QED) is 0.220. The van der Waals surface area contributed by atoms with Gasteiger partial charge in [-0.2, -0.15) is 0 Å². The lowest BCUT2D eigenvalue weighted by atomic mass is 9.79. The smallest absolute Gasteiger partial charge is 0.335 e. The van der Waals surface area contributed by atoms with E-state index in [0.29, 0.717) is 10.8 Å². The van der Waals surface area contributed by atoms with Crippen molar-refractivity contribution >= 4 is 45.7 Å². The van der Waals surface area contributed by atoms with E-state index in [-0.39, 0.29) is 33.9 Å². The monoisotopic (exact) mass is 502 g/mol. The van der Waals surface area contributed by atoms with E-state index in [1.165, 1.54) is 38.1 Å². The number of nitrogens with zero attached hydrogens (tertiary/aromatic N) is 2. The summed E-state index contributed by atoms with van der Waals surface area (Å²) >= 11 is 0. The Bertz CT molecular complexity index is 1450. The molecule has 0 aliphatic rings. The molecule has 0 N–H and O–H groups in total. The van der Waals surface area contributed by atoms with E-state index < -0.39 is 29.3 Å². The fourth-order valence-corrected chi connectivity index (χ4v) is 4.07. The number of rotatable bonds is 6. The Morgan fingerprint density at radius 2 is 1.03 bits per heavy atom. The van der Waals surface area contributed by atoms with Crippen LogP contribution in [0.15, 0.2) is 60.7 Å². The van der Waals surface area contributed by atoms with Crippen molar-refractivity contribution in [2.24, 2.45) is 0 Å². The Hall–Kier alpha value is -4.86. The van der Waals surface area contributed by atoms with Gasteiger partial charge in [-0.25, -0.2) is 19.6 Å². The largest absolute Gasteiger partial charge is 0.468 e. The third-order valence-corrected chi connectivity index (χ3v) is 5.63. The molecule has 37 heavy (non-hydrogen) atoms. The number of fused-ring (bicyclic) bond motifs is 2. The first-order valence-corrected chi connectivity index (χ1v) is 11.1. The summed E-state index contributed by atoms with van der Waals surface area (Å²) in [6, 6.07) is 16.1. The minimum absolute atomic E-state index is 0.0740. The molecule has 0 spiro atoms. The molecule has 0 atom stereocenters. The van der Waals surface area contributed by atoms with Crippen molar-refractivity contribution in [2.75, 3.05) is 14.2 Å². The molecule has 0 saturated carbocycles. The molecule has 2 heterocycles. The third-order valence-electron chi connectivity index (χ3n) is 5.63. The van der Waals surface area contributed by atoms with Gasteiger partial charge in [0.25, 0.3) is 0 Å². The van der Waals surface area contributed by atoms with Gasteiger partial charge in [0.2, 0.25) is 5.41 Å². The van der Waals surface area contributed by atoms with E-state index in [9.17, 15) is 19.2 Å². The van der Waals surface area contributed by atoms with Crippen LogP contribution in [0, 0.1) is 0 Å². The van der Waals surface area contributed by atoms with E-state index in [1.807, 2.05) is 0 Å². The maximum Gasteiger partial charge on any atom is 0.335 e. The first kappa shape index (κ1) is 25.2. The molecule has 0 aliphatic heterocycles. The molecule has 188 valence electrons. The third kappa shape index (κ3) is 4.44. The van der Waals surface area contributed by atoms with Crippen LogP contribution in [-0.2, 0) is 34.1 Å². The normalized spacial score (nSPS) is 11.1. The number of esters is 4. The van der Waals surface area contributed by atoms with Gasteiger partial charge in [0, 0.05) is 24.6 Å². The number of hydrogen-bond donors (Lipinski definition) is 0. The minimum atomic E-state index is -2.27. The highest BCUT2D eigenvalue weighted by molar-refractivity contribution is 6.10. The minimum Gasteiger partial charge on any atom is -0.468 e. The highest BCUT2D eigenvalue weighted by atomic mass is 16.6. The molecule has 0 radical (unpaired) electrons. The van der Waals surface area contributed by atoms with Crippen LogP contribution in [0.2, 0.25) is 0 Å². The van der Waals surface area contributed by atoms with Crippen molar-refractivity contribution in [1.29, 1.82) is 0 Å². The number of carbonyl (C=O) groups excluding carboxylic acids is 4. The van der Waals surface area contributed by atoms with Gasteiger partial charge in [-0.15, -0.1) is 0 Å². The molecule has 10 heteroatoms. The molecule has 0 aliphatic carbocycles. The van der Waals surface area contributed by atoms with Gasteiger partial charge in [0.15, 0.2) is 11.5 Å². The highest BCUT2D eigenvalue weighted by Crippen LogP contribution is 2.37. The lowest BCUT2D eigenvalue weighted by Crippen LogP contribution is -2.47. The van der Waals surface area contributed by atoms with E-state index in [2.05, 4.69) is 9.97 Å². The summed E-state index contributed by atoms with van der Waals surface area (Å²) in [5, 5.41) is 1.18. The van der Waals surface area contributed by atoms with Gasteiger partial charge in [0.1, 0.15) is 11.0 Å². The number of aromatic nitrogens is 2. The van der Waals surface area contributed by atoms with Crippen LogP contribution in [0.25, 0.3) is 21.8 Å². The molecule has 0 amide bonds. The summed E-state index contributed by atoms with van der Waals surface area (Å²) in [4.78, 5) is 59.4. The number of hydrogen-bond acceptors (Lipinski definition) is 10. The fraction of sp³-hybridized carbons (Fsp3) is 0.185. The van der Waals surface area contributed by atoms with Crippen molar-refractivity contribution in [3.8, 4) is 11.5 Å². The average Bonchev–Trinajstić information content (AvgIpc) is 2.88. The molecule has 2 aromatic carbocycles. The zero-order valence-electron chi connectivity index (χ0n) is 20.4. The van der Waals surface area contributed by atoms with Gasteiger partial charge >= 0.3 is 23.9 Å². The molecular weight excluding hydrogens is 480 g/mol. The van der Waals surface area contributed by atoms with E-state index >= 15 is 0 Å². The topological polar surface area (TPSA) is 131 Å². The lowest BCUT2D eigenvalue weighted by molar-refractivity contribution is -0.160. The van der Waals surface area contributed by atoms with Crippen LogP contribution in [-0.4, -0.2) is 48.1 Å². The summed E-state index contributed by atoms with van der Waals surface area (Å²) in [5.74, 6) is -2.87. The second kappa shape index (κ2) is 10.0. The Morgan fingerprint density at radius 3 is 1.38 bits per heavy atom. The van der Waals surface area contributed by atoms with Crippen molar-refractivity contribution in [2.45, 2.75) is 19.3 Å². The van der Waals surface area contributed by atoms with Crippen molar-refractivity contribution in [1.82, 2.24) is 9.97 Å². The van der Waals surface area contributed by atoms with E-state index in [0.717, 1.165) is 14.2 Å². The first-order valence-electron chi connectivity index (χ1n) is 11.1. The highest BCUT2D eigenvalue weighted by Gasteiger charge is 2.55. The van der Waals surface area contributed by atoms with Crippen LogP contribution in [0.5, 0.6) is 11.5 Å². The number of benzene rings is 2. The predicted molar refractivity (Wildman–Crippen MR) is 131 cm³/mol. The number of para-hydroxylation sites is 2. The number of methoxy groups -OCH3 is 2. The zero-order valence-corrected chi connectivity index (χ0v) is 20.4. The van der Waals surface area contributed by atoms with Gasteiger partial charge in [-0.3, -0.25) is 9.59 Å². The lowest BCUT2D eigenvalue weighted by Gasteiger charge is -2.28. The number of pyridine rings is 2. The predicted octanol–water partition coefficient (Wildman–Crippen LogP) is 3.27. The standard InChI is InChI=1S/C27H22N2O8/c1-15(30)36-19-9-5-7-17-11-13-21(28-23(17)19)27(25(32)34-3,26(33)35-4)22-14-12-18-8-6-10-20(24(18)29-22)37-16(2)31/h5-14H,1-4H3. The van der Waals surface area contributed by atoms with Gasteiger partial charge in [-0.1, -0.05) is 36.4 Å². The maximum absolute atomic E-state index is 13.5. The molecule has 0 fully saturated rings. The summed E-state index contributed by atoms with van der Waals surface area (Å²) in [6.45, 7) is 2.49. The molecule has 0 unspecified atom stereocenters. The van der Waals surface area contributed by atoms with Crippen molar-refractivity contribution in [3.63, 3.8) is 0 Å². The average molecular weight is 502 g/mol. The maximum atomic E-state index is 13.5. The SMILES string of the molecule is COC(=O)C(C(=O)OC)(c1ccc2cccc(OC(C)=O)c2n1)c1ccc2cccc(OC(C)=O)c2n1. The van der Waals surface area contributed by atoms with Gasteiger partial charge in [0.05, 0.1) is 25.6 Å². The fourth-order valence-electron chi connectivity index (χ4n) is 4.07. The second-order valence-electron chi connectivity index (χ2n) is 7.97. The summed E-state index contributed by atoms with van der Waals surface area (Å²) in [6.07, 6.45) is 0. The molecular formula is C27H22N2O8. The Balaban J connectivity index is 2.07. The van der Waals surface area contributed by atoms with Gasteiger partial charge in [-0.05, 0) is 24.3 Å². The Kier molecular flexibility index (Phi) is 6.83. The summed E-state index contributed by atoms with van der Waals surface area (Å²) in [7, 11) is 2.24. The Morgan fingerprint density at radius 1 is 0.622 bits per heavy atom. The van der Waals surface area contributed by atoms with Gasteiger partial charge < -0.3 is 18.9 Å². The molecule has 0 bridgehead atoms. The summed E-state index contributed by atoms with van der Waals surface area (Å²) in [5.41, 5.74) is -1.95. The zero-order chi connectivity index (χ0) is 26.7. The van der Waals surface area contributed by atoms with Crippen LogP contribution >= 0.6 is 0 Å². The van der Waals surface area contributed by atoms with Crippen LogP contribution < -0.4 is 9.47 Å². The van der Waals surface area contributed by atoms with E-state index in [1.54, 1.807) is 36.4 Å². The van der Waals surface area contributed by atoms with Crippen LogP contribution in [0.4, 0.5) is 0 Å². The molecule has 0 saturated heterocycles. The van der Waals surface area contributed by atoms with E-state index in [4.69, 9.17) is 18.9 Å². The number of carbonyl (C=O) groups is 4. The Labute approximate surface area is 211 Å². The molecule has 10 nitrogen and oxygen atoms in total. The van der Waals surface area contributed by atoms with Crippen LogP contribution in [0.1, 0.15) is 25.2 Å². The first-order chi connectivity index (χ1) is 17.7. The number of ether oxygens (including phenoxy) is 4. The molecule has 4 aromatic rings. The molecule has 4 rings (SSSR count). The second-order valence-corrected chi connectivity index (χ2v) is 7.97. The van der Waals surface area contributed by atoms with Crippen molar-refractivity contribution in [3.05, 3.63) is 72.1 Å².